The van der Waals surface area contributed by atoms with Crippen molar-refractivity contribution in [1.82, 2.24) is 4.98 Å². The molecule has 0 radical (unpaired) electrons. The van der Waals surface area contributed by atoms with Crippen molar-refractivity contribution in [3.63, 3.8) is 0 Å². The van der Waals surface area contributed by atoms with Gasteiger partial charge in [-0.05, 0) is 42.0 Å². The van der Waals surface area contributed by atoms with Gasteiger partial charge in [-0.25, -0.2) is 4.98 Å². The van der Waals surface area contributed by atoms with E-state index in [0.717, 1.165) is 38.1 Å². The van der Waals surface area contributed by atoms with Gasteiger partial charge in [0.15, 0.2) is 11.5 Å². The normalized spacial score (nSPS) is 13.1. The highest BCUT2D eigenvalue weighted by Gasteiger charge is 2.15. The molecule has 0 aliphatic carbocycles. The Kier molecular flexibility index (Phi) is 3.71. The molecule has 2 heterocycles. The van der Waals surface area contributed by atoms with E-state index in [4.69, 9.17) is 21.1 Å². The Morgan fingerprint density at radius 1 is 1.00 bits per heavy atom. The molecule has 0 spiro atoms. The summed E-state index contributed by atoms with van der Waals surface area (Å²) in [7, 11) is 0. The maximum Gasteiger partial charge on any atom is 0.231 e. The van der Waals surface area contributed by atoms with E-state index in [1.807, 2.05) is 54.6 Å². The zero-order valence-electron chi connectivity index (χ0n) is 11.9. The standard InChI is InChI=1S/C18H11BrClNO2/c19-15-9-18-17(22-10-23-18)7-12(15)3-6-14-5-2-11-1-4-13(20)8-16(11)21-14/h1-9H,10H2/b6-3+. The topological polar surface area (TPSA) is 31.4 Å². The van der Waals surface area contributed by atoms with Crippen molar-refractivity contribution in [2.45, 2.75) is 0 Å². The number of hydrogen-bond acceptors (Lipinski definition) is 3. The Morgan fingerprint density at radius 2 is 1.78 bits per heavy atom. The molecule has 0 fully saturated rings. The lowest BCUT2D eigenvalue weighted by molar-refractivity contribution is 0.174. The predicted octanol–water partition coefficient (Wildman–Crippen LogP) is 5.55. The Balaban J connectivity index is 1.68. The zero-order valence-corrected chi connectivity index (χ0v) is 14.3. The molecule has 0 N–H and O–H groups in total. The molecule has 0 bridgehead atoms. The lowest BCUT2D eigenvalue weighted by atomic mass is 10.1. The van der Waals surface area contributed by atoms with Crippen LogP contribution in [-0.2, 0) is 0 Å². The third-order valence-corrected chi connectivity index (χ3v) is 4.52. The molecule has 23 heavy (non-hydrogen) atoms. The third-order valence-electron chi connectivity index (χ3n) is 3.60. The second-order valence-corrected chi connectivity index (χ2v) is 6.42. The molecule has 0 saturated heterocycles. The first kappa shape index (κ1) is 14.5. The van der Waals surface area contributed by atoms with Gasteiger partial charge in [0, 0.05) is 14.9 Å². The van der Waals surface area contributed by atoms with E-state index in [1.165, 1.54) is 0 Å². The van der Waals surface area contributed by atoms with Crippen molar-refractivity contribution < 1.29 is 9.47 Å². The number of rotatable bonds is 2. The summed E-state index contributed by atoms with van der Waals surface area (Å²) in [5, 5.41) is 1.75. The quantitative estimate of drug-likeness (QED) is 0.577. The molecule has 0 saturated carbocycles. The lowest BCUT2D eigenvalue weighted by Gasteiger charge is -2.02. The van der Waals surface area contributed by atoms with Crippen LogP contribution in [0.4, 0.5) is 0 Å². The number of ether oxygens (including phenoxy) is 2. The summed E-state index contributed by atoms with van der Waals surface area (Å²) in [5.41, 5.74) is 2.75. The monoisotopic (exact) mass is 387 g/mol. The van der Waals surface area contributed by atoms with E-state index in [9.17, 15) is 0 Å². The van der Waals surface area contributed by atoms with Gasteiger partial charge in [0.05, 0.1) is 11.2 Å². The highest BCUT2D eigenvalue weighted by Crippen LogP contribution is 2.37. The molecule has 1 aliphatic rings. The second-order valence-electron chi connectivity index (χ2n) is 5.13. The number of pyridine rings is 1. The van der Waals surface area contributed by atoms with Crippen molar-refractivity contribution in [1.29, 1.82) is 0 Å². The van der Waals surface area contributed by atoms with Gasteiger partial charge in [-0.1, -0.05) is 45.7 Å². The third kappa shape index (κ3) is 2.92. The van der Waals surface area contributed by atoms with Gasteiger partial charge < -0.3 is 9.47 Å². The predicted molar refractivity (Wildman–Crippen MR) is 95.9 cm³/mol. The fourth-order valence-electron chi connectivity index (χ4n) is 2.43. The van der Waals surface area contributed by atoms with Gasteiger partial charge in [-0.3, -0.25) is 0 Å². The summed E-state index contributed by atoms with van der Waals surface area (Å²) < 4.78 is 11.7. The highest BCUT2D eigenvalue weighted by atomic mass is 79.9. The van der Waals surface area contributed by atoms with Gasteiger partial charge in [-0.15, -0.1) is 0 Å². The SMILES string of the molecule is Clc1ccc2ccc(/C=C/c3cc4c(cc3Br)OCO4)nc2c1. The molecule has 3 aromatic rings. The van der Waals surface area contributed by atoms with Crippen molar-refractivity contribution in [2.24, 2.45) is 0 Å². The molecule has 5 heteroatoms. The minimum atomic E-state index is 0.266. The van der Waals surface area contributed by atoms with E-state index >= 15 is 0 Å². The van der Waals surface area contributed by atoms with Crippen molar-refractivity contribution >= 4 is 50.6 Å². The number of aromatic nitrogens is 1. The smallest absolute Gasteiger partial charge is 0.231 e. The average molecular weight is 389 g/mol. The van der Waals surface area contributed by atoms with Crippen molar-refractivity contribution in [3.05, 3.63) is 63.2 Å². The Labute approximate surface area is 146 Å². The van der Waals surface area contributed by atoms with Crippen LogP contribution < -0.4 is 9.47 Å². The van der Waals surface area contributed by atoms with Gasteiger partial charge in [0.25, 0.3) is 0 Å². The molecule has 0 unspecified atom stereocenters. The van der Waals surface area contributed by atoms with Gasteiger partial charge >= 0.3 is 0 Å². The number of fused-ring (bicyclic) bond motifs is 2. The zero-order chi connectivity index (χ0) is 15.8. The maximum atomic E-state index is 6.03. The van der Waals surface area contributed by atoms with Crippen molar-refractivity contribution in [3.8, 4) is 11.5 Å². The first-order chi connectivity index (χ1) is 11.2. The Bertz CT molecular complexity index is 940. The molecule has 0 atom stereocenters. The molecule has 1 aliphatic heterocycles. The average Bonchev–Trinajstić information content (AvgIpc) is 2.99. The Hall–Kier alpha value is -2.04. The van der Waals surface area contributed by atoms with Crippen LogP contribution in [0, 0.1) is 0 Å². The van der Waals surface area contributed by atoms with Crippen LogP contribution in [0.25, 0.3) is 23.1 Å². The van der Waals surface area contributed by atoms with Crippen LogP contribution in [0.3, 0.4) is 0 Å². The van der Waals surface area contributed by atoms with E-state index in [1.54, 1.807) is 0 Å². The fourth-order valence-corrected chi connectivity index (χ4v) is 3.06. The van der Waals surface area contributed by atoms with Gasteiger partial charge in [-0.2, -0.15) is 0 Å². The first-order valence-electron chi connectivity index (χ1n) is 7.02. The summed E-state index contributed by atoms with van der Waals surface area (Å²) in [6.45, 7) is 0.266. The summed E-state index contributed by atoms with van der Waals surface area (Å²) in [6, 6.07) is 13.6. The van der Waals surface area contributed by atoms with Crippen LogP contribution in [0.5, 0.6) is 11.5 Å². The van der Waals surface area contributed by atoms with Crippen LogP contribution in [-0.4, -0.2) is 11.8 Å². The highest BCUT2D eigenvalue weighted by molar-refractivity contribution is 9.10. The second kappa shape index (κ2) is 5.87. The Morgan fingerprint density at radius 3 is 2.65 bits per heavy atom. The van der Waals surface area contributed by atoms with Crippen LogP contribution in [0.1, 0.15) is 11.3 Å². The number of halogens is 2. The summed E-state index contributed by atoms with van der Waals surface area (Å²) in [5.74, 6) is 1.51. The van der Waals surface area contributed by atoms with Crippen LogP contribution in [0.2, 0.25) is 5.02 Å². The minimum absolute atomic E-state index is 0.266. The molecular formula is C18H11BrClNO2. The minimum Gasteiger partial charge on any atom is -0.454 e. The van der Waals surface area contributed by atoms with Crippen LogP contribution >= 0.6 is 27.5 Å². The van der Waals surface area contributed by atoms with E-state index in [2.05, 4.69) is 20.9 Å². The summed E-state index contributed by atoms with van der Waals surface area (Å²) in [6.07, 6.45) is 3.95. The first-order valence-corrected chi connectivity index (χ1v) is 8.20. The molecule has 0 amide bonds. The molecular weight excluding hydrogens is 378 g/mol. The number of hydrogen-bond donors (Lipinski definition) is 0. The molecule has 3 nitrogen and oxygen atoms in total. The summed E-state index contributed by atoms with van der Waals surface area (Å²) >= 11 is 9.58. The largest absolute Gasteiger partial charge is 0.454 e. The number of benzene rings is 2. The van der Waals surface area contributed by atoms with E-state index < -0.39 is 0 Å². The summed E-state index contributed by atoms with van der Waals surface area (Å²) in [4.78, 5) is 4.61. The van der Waals surface area contributed by atoms with E-state index in [-0.39, 0.29) is 6.79 Å². The van der Waals surface area contributed by atoms with Gasteiger partial charge in [0.2, 0.25) is 6.79 Å². The molecule has 2 aromatic carbocycles. The maximum absolute atomic E-state index is 6.03. The fraction of sp³-hybridized carbons (Fsp3) is 0.0556. The molecule has 4 rings (SSSR count). The van der Waals surface area contributed by atoms with E-state index in [0.29, 0.717) is 5.02 Å². The molecule has 1 aromatic heterocycles. The van der Waals surface area contributed by atoms with Crippen LogP contribution in [0.15, 0.2) is 46.9 Å². The van der Waals surface area contributed by atoms with Crippen molar-refractivity contribution in [2.75, 3.05) is 6.79 Å². The lowest BCUT2D eigenvalue weighted by Crippen LogP contribution is -1.92. The number of nitrogens with zero attached hydrogens (tertiary/aromatic N) is 1. The molecule has 114 valence electrons. The van der Waals surface area contributed by atoms with Gasteiger partial charge in [0.1, 0.15) is 0 Å².